The number of carbonyl (C=O) groups excluding carboxylic acids is 2. The van der Waals surface area contributed by atoms with E-state index in [2.05, 4.69) is 21.2 Å². The van der Waals surface area contributed by atoms with Crippen molar-refractivity contribution >= 4 is 33.5 Å². The van der Waals surface area contributed by atoms with Gasteiger partial charge in [-0.2, -0.15) is 0 Å². The maximum Gasteiger partial charge on any atom is 0.340 e. The fraction of sp³-hybridized carbons (Fsp3) is 0.263. The molecule has 0 radical (unpaired) electrons. The van der Waals surface area contributed by atoms with E-state index in [4.69, 9.17) is 4.74 Å². The van der Waals surface area contributed by atoms with Crippen molar-refractivity contribution in [2.45, 2.75) is 13.5 Å². The first kappa shape index (κ1) is 19.1. The number of nitrogens with one attached hydrogen (secondary N) is 1. The van der Waals surface area contributed by atoms with Crippen LogP contribution in [0.25, 0.3) is 0 Å². The number of hydrogen-bond donors (Lipinski definition) is 1. The van der Waals surface area contributed by atoms with Crippen LogP contribution in [0.2, 0.25) is 0 Å². The van der Waals surface area contributed by atoms with E-state index in [9.17, 15) is 9.59 Å². The Bertz CT molecular complexity index is 732. The lowest BCUT2D eigenvalue weighted by Crippen LogP contribution is -2.30. The fourth-order valence-electron chi connectivity index (χ4n) is 2.37. The van der Waals surface area contributed by atoms with Crippen molar-refractivity contribution in [3.05, 3.63) is 64.1 Å². The highest BCUT2D eigenvalue weighted by molar-refractivity contribution is 9.10. The molecule has 2 aromatic carbocycles. The van der Waals surface area contributed by atoms with Gasteiger partial charge in [-0.15, -0.1) is 0 Å². The monoisotopic (exact) mass is 404 g/mol. The van der Waals surface area contributed by atoms with Crippen molar-refractivity contribution in [1.29, 1.82) is 0 Å². The molecule has 2 rings (SSSR count). The van der Waals surface area contributed by atoms with Gasteiger partial charge in [0.05, 0.1) is 24.4 Å². The van der Waals surface area contributed by atoms with Gasteiger partial charge in [0.25, 0.3) is 0 Å². The second kappa shape index (κ2) is 9.34. The summed E-state index contributed by atoms with van der Waals surface area (Å²) in [6.07, 6.45) is 0. The minimum absolute atomic E-state index is 0.184. The molecule has 0 atom stereocenters. The molecule has 5 nitrogen and oxygen atoms in total. The number of anilines is 1. The second-order valence-corrected chi connectivity index (χ2v) is 6.53. The topological polar surface area (TPSA) is 58.6 Å². The summed E-state index contributed by atoms with van der Waals surface area (Å²) in [6.45, 7) is 2.90. The van der Waals surface area contributed by atoms with Crippen LogP contribution in [0, 0.1) is 0 Å². The van der Waals surface area contributed by atoms with Crippen LogP contribution in [0.1, 0.15) is 22.8 Å². The van der Waals surface area contributed by atoms with Gasteiger partial charge in [0.15, 0.2) is 0 Å². The van der Waals surface area contributed by atoms with Gasteiger partial charge < -0.3 is 10.1 Å². The lowest BCUT2D eigenvalue weighted by molar-refractivity contribution is -0.117. The van der Waals surface area contributed by atoms with Crippen molar-refractivity contribution in [3.63, 3.8) is 0 Å². The van der Waals surface area contributed by atoms with Gasteiger partial charge in [-0.1, -0.05) is 40.2 Å². The van der Waals surface area contributed by atoms with Crippen LogP contribution in [0.3, 0.4) is 0 Å². The molecular formula is C19H21BrN2O3. The van der Waals surface area contributed by atoms with E-state index in [0.29, 0.717) is 17.8 Å². The number of para-hydroxylation sites is 1. The van der Waals surface area contributed by atoms with Crippen molar-refractivity contribution < 1.29 is 14.3 Å². The number of rotatable bonds is 7. The van der Waals surface area contributed by atoms with E-state index in [1.807, 2.05) is 36.2 Å². The number of esters is 1. The first-order valence-electron chi connectivity index (χ1n) is 7.98. The highest BCUT2D eigenvalue weighted by atomic mass is 79.9. The predicted molar refractivity (Wildman–Crippen MR) is 102 cm³/mol. The standard InChI is InChI=1S/C19H21BrN2O3/c1-3-25-19(24)16-6-4-5-7-17(16)21-18(23)13-22(2)12-14-8-10-15(20)11-9-14/h4-11H,3,12-13H2,1-2H3,(H,21,23). The molecule has 0 fully saturated rings. The Morgan fingerprint density at radius 2 is 1.80 bits per heavy atom. The van der Waals surface area contributed by atoms with E-state index in [0.717, 1.165) is 10.0 Å². The first-order valence-corrected chi connectivity index (χ1v) is 8.78. The quantitative estimate of drug-likeness (QED) is 0.714. The summed E-state index contributed by atoms with van der Waals surface area (Å²) in [5.74, 6) is -0.627. The zero-order chi connectivity index (χ0) is 18.2. The van der Waals surface area contributed by atoms with Gasteiger partial charge >= 0.3 is 5.97 Å². The molecule has 0 unspecified atom stereocenters. The highest BCUT2D eigenvalue weighted by Gasteiger charge is 2.14. The van der Waals surface area contributed by atoms with Crippen LogP contribution < -0.4 is 5.32 Å². The van der Waals surface area contributed by atoms with Crippen LogP contribution in [-0.2, 0) is 16.1 Å². The number of carbonyl (C=O) groups is 2. The molecule has 0 saturated heterocycles. The van der Waals surface area contributed by atoms with Crippen molar-refractivity contribution in [1.82, 2.24) is 4.90 Å². The summed E-state index contributed by atoms with van der Waals surface area (Å²) < 4.78 is 6.04. The van der Waals surface area contributed by atoms with Gasteiger partial charge in [0.2, 0.25) is 5.91 Å². The average molecular weight is 405 g/mol. The molecule has 0 aromatic heterocycles. The smallest absolute Gasteiger partial charge is 0.340 e. The van der Waals surface area contributed by atoms with Gasteiger partial charge in [-0.25, -0.2) is 4.79 Å². The molecule has 0 aliphatic carbocycles. The molecule has 6 heteroatoms. The minimum Gasteiger partial charge on any atom is -0.462 e. The number of hydrogen-bond acceptors (Lipinski definition) is 4. The van der Waals surface area contributed by atoms with E-state index in [1.165, 1.54) is 0 Å². The van der Waals surface area contributed by atoms with E-state index in [1.54, 1.807) is 31.2 Å². The van der Waals surface area contributed by atoms with Gasteiger partial charge in [0, 0.05) is 11.0 Å². The van der Waals surface area contributed by atoms with E-state index in [-0.39, 0.29) is 19.1 Å². The molecular weight excluding hydrogens is 384 g/mol. The minimum atomic E-state index is -0.443. The lowest BCUT2D eigenvalue weighted by Gasteiger charge is -2.17. The average Bonchev–Trinajstić information content (AvgIpc) is 2.57. The zero-order valence-corrected chi connectivity index (χ0v) is 15.9. The van der Waals surface area contributed by atoms with Crippen molar-refractivity contribution in [2.24, 2.45) is 0 Å². The number of nitrogens with zero attached hydrogens (tertiary/aromatic N) is 1. The summed E-state index contributed by atoms with van der Waals surface area (Å²) >= 11 is 3.40. The number of ether oxygens (including phenoxy) is 1. The molecule has 0 aliphatic heterocycles. The summed E-state index contributed by atoms with van der Waals surface area (Å²) in [7, 11) is 1.87. The normalized spacial score (nSPS) is 10.6. The van der Waals surface area contributed by atoms with Gasteiger partial charge in [-0.05, 0) is 43.8 Å². The summed E-state index contributed by atoms with van der Waals surface area (Å²) in [6, 6.07) is 14.8. The summed E-state index contributed by atoms with van der Waals surface area (Å²) in [5, 5.41) is 2.79. The molecule has 0 saturated carbocycles. The largest absolute Gasteiger partial charge is 0.462 e. The molecule has 2 aromatic rings. The molecule has 132 valence electrons. The lowest BCUT2D eigenvalue weighted by atomic mass is 10.1. The van der Waals surface area contributed by atoms with Gasteiger partial charge in [-0.3, -0.25) is 9.69 Å². The molecule has 1 N–H and O–H groups in total. The number of halogens is 1. The fourth-order valence-corrected chi connectivity index (χ4v) is 2.64. The maximum atomic E-state index is 12.3. The SMILES string of the molecule is CCOC(=O)c1ccccc1NC(=O)CN(C)Cc1ccc(Br)cc1. The van der Waals surface area contributed by atoms with Crippen molar-refractivity contribution in [3.8, 4) is 0 Å². The zero-order valence-electron chi connectivity index (χ0n) is 14.3. The maximum absolute atomic E-state index is 12.3. The van der Waals surface area contributed by atoms with Crippen LogP contribution in [0.15, 0.2) is 53.0 Å². The Labute approximate surface area is 156 Å². The Hall–Kier alpha value is -2.18. The van der Waals surface area contributed by atoms with E-state index >= 15 is 0 Å². The number of amides is 1. The summed E-state index contributed by atoms with van der Waals surface area (Å²) in [4.78, 5) is 26.1. The third-order valence-electron chi connectivity index (χ3n) is 3.48. The van der Waals surface area contributed by atoms with Crippen LogP contribution >= 0.6 is 15.9 Å². The van der Waals surface area contributed by atoms with Crippen molar-refractivity contribution in [2.75, 3.05) is 25.5 Å². The third kappa shape index (κ3) is 5.99. The summed E-state index contributed by atoms with van der Waals surface area (Å²) in [5.41, 5.74) is 1.93. The number of benzene rings is 2. The van der Waals surface area contributed by atoms with Crippen LogP contribution in [0.5, 0.6) is 0 Å². The Morgan fingerprint density at radius 1 is 1.12 bits per heavy atom. The Morgan fingerprint density at radius 3 is 2.48 bits per heavy atom. The first-order chi connectivity index (χ1) is 12.0. The molecule has 0 aliphatic rings. The molecule has 25 heavy (non-hydrogen) atoms. The van der Waals surface area contributed by atoms with E-state index < -0.39 is 5.97 Å². The third-order valence-corrected chi connectivity index (χ3v) is 4.00. The predicted octanol–water partition coefficient (Wildman–Crippen LogP) is 3.70. The molecule has 0 spiro atoms. The highest BCUT2D eigenvalue weighted by Crippen LogP contribution is 2.16. The number of likely N-dealkylation sites (N-methyl/N-ethyl adjacent to an activating group) is 1. The molecule has 0 heterocycles. The van der Waals surface area contributed by atoms with Crippen LogP contribution in [-0.4, -0.2) is 37.0 Å². The molecule has 0 bridgehead atoms. The van der Waals surface area contributed by atoms with Crippen LogP contribution in [0.4, 0.5) is 5.69 Å². The van der Waals surface area contributed by atoms with Gasteiger partial charge in [0.1, 0.15) is 0 Å². The Kier molecular flexibility index (Phi) is 7.16. The molecule has 1 amide bonds. The second-order valence-electron chi connectivity index (χ2n) is 5.61. The Balaban J connectivity index is 1.95.